The molecule has 7 atom stereocenters. The van der Waals surface area contributed by atoms with Gasteiger partial charge in [-0.25, -0.2) is 0 Å². The van der Waals surface area contributed by atoms with Crippen molar-refractivity contribution in [2.24, 2.45) is 28.6 Å². The molecule has 0 amide bonds. The summed E-state index contributed by atoms with van der Waals surface area (Å²) in [6.45, 7) is 11.2. The van der Waals surface area contributed by atoms with E-state index in [4.69, 9.17) is 9.47 Å². The maximum atomic E-state index is 13.0. The number of allylic oxidation sites excluding steroid dienone is 1. The van der Waals surface area contributed by atoms with Crippen LogP contribution in [-0.2, 0) is 28.7 Å². The van der Waals surface area contributed by atoms with Crippen molar-refractivity contribution in [3.63, 3.8) is 0 Å². The average Bonchev–Trinajstić information content (AvgIpc) is 3.23. The van der Waals surface area contributed by atoms with E-state index in [1.54, 1.807) is 0 Å². The molecule has 0 bridgehead atoms. The number of hydrogen-bond donors (Lipinski definition) is 0. The molecule has 6 nitrogen and oxygen atoms in total. The largest absolute Gasteiger partial charge is 0.462 e. The Labute approximate surface area is 266 Å². The molecule has 0 radical (unpaired) electrons. The first-order chi connectivity index (χ1) is 21.0. The quantitative estimate of drug-likeness (QED) is 0.0748. The molecule has 44 heavy (non-hydrogen) atoms. The van der Waals surface area contributed by atoms with Crippen LogP contribution in [0.5, 0.6) is 0 Å². The number of ether oxygens (including phenoxy) is 2. The SMILES string of the molecule is CCCCCCC(=O)CC(=O)O[C@H]1CC[C@@]2(C)C(=CC[C@@H]3[C@@H]2CC[C@@]2(C)[C@H]3CC[C@@]2(C)OC(=O)CC(=O)CCCCCC)C1. The zero-order chi connectivity index (χ0) is 32.0. The fourth-order valence-corrected chi connectivity index (χ4v) is 9.63. The number of rotatable bonds is 16. The number of ketones is 2. The van der Waals surface area contributed by atoms with Crippen molar-refractivity contribution in [3.05, 3.63) is 11.6 Å². The minimum atomic E-state index is -0.535. The molecule has 0 heterocycles. The third-order valence-electron chi connectivity index (χ3n) is 12.5. The van der Waals surface area contributed by atoms with E-state index in [-0.39, 0.29) is 53.3 Å². The first-order valence-corrected chi connectivity index (χ1v) is 18.1. The number of fused-ring (bicyclic) bond motifs is 5. The average molecular weight is 613 g/mol. The summed E-state index contributed by atoms with van der Waals surface area (Å²) in [6.07, 6.45) is 19.0. The van der Waals surface area contributed by atoms with E-state index in [0.717, 1.165) is 103 Å². The Morgan fingerprint density at radius 1 is 0.750 bits per heavy atom. The van der Waals surface area contributed by atoms with Crippen LogP contribution in [0.2, 0.25) is 0 Å². The van der Waals surface area contributed by atoms with Crippen LogP contribution in [0.1, 0.15) is 163 Å². The molecule has 0 aromatic rings. The van der Waals surface area contributed by atoms with Gasteiger partial charge in [0.05, 0.1) is 0 Å². The second-order valence-electron chi connectivity index (χ2n) is 15.4. The van der Waals surface area contributed by atoms with Gasteiger partial charge in [0.15, 0.2) is 0 Å². The molecule has 248 valence electrons. The van der Waals surface area contributed by atoms with Crippen LogP contribution in [0.15, 0.2) is 11.6 Å². The van der Waals surface area contributed by atoms with Gasteiger partial charge < -0.3 is 9.47 Å². The molecule has 4 rings (SSSR count). The van der Waals surface area contributed by atoms with Crippen molar-refractivity contribution in [2.75, 3.05) is 0 Å². The lowest BCUT2D eigenvalue weighted by atomic mass is 9.47. The zero-order valence-electron chi connectivity index (χ0n) is 28.5. The van der Waals surface area contributed by atoms with Crippen molar-refractivity contribution in [2.45, 2.75) is 175 Å². The molecule has 0 N–H and O–H groups in total. The van der Waals surface area contributed by atoms with Gasteiger partial charge in [-0.15, -0.1) is 0 Å². The van der Waals surface area contributed by atoms with Gasteiger partial charge in [0.1, 0.15) is 36.1 Å². The Morgan fingerprint density at radius 3 is 2.00 bits per heavy atom. The van der Waals surface area contributed by atoms with Crippen LogP contribution in [0, 0.1) is 28.6 Å². The number of hydrogen-bond acceptors (Lipinski definition) is 6. The summed E-state index contributed by atoms with van der Waals surface area (Å²) < 4.78 is 12.1. The fraction of sp³-hybridized carbons (Fsp3) is 0.842. The first-order valence-electron chi connectivity index (χ1n) is 18.1. The summed E-state index contributed by atoms with van der Waals surface area (Å²) in [6, 6.07) is 0. The van der Waals surface area contributed by atoms with Crippen molar-refractivity contribution in [1.29, 1.82) is 0 Å². The van der Waals surface area contributed by atoms with Crippen molar-refractivity contribution in [1.82, 2.24) is 0 Å². The van der Waals surface area contributed by atoms with E-state index in [2.05, 4.69) is 40.7 Å². The van der Waals surface area contributed by atoms with Gasteiger partial charge in [-0.1, -0.05) is 77.9 Å². The third kappa shape index (κ3) is 7.69. The van der Waals surface area contributed by atoms with E-state index in [0.29, 0.717) is 30.6 Å². The highest BCUT2D eigenvalue weighted by Gasteiger charge is 2.64. The van der Waals surface area contributed by atoms with E-state index in [1.165, 1.54) is 5.57 Å². The minimum absolute atomic E-state index is 0.0000178. The van der Waals surface area contributed by atoms with Gasteiger partial charge in [-0.05, 0) is 87.9 Å². The number of Topliss-reactive ketones (excluding diaryl/α,β-unsaturated/α-hetero) is 2. The summed E-state index contributed by atoms with van der Waals surface area (Å²) in [7, 11) is 0. The Balaban J connectivity index is 1.32. The van der Waals surface area contributed by atoms with Crippen molar-refractivity contribution >= 4 is 23.5 Å². The molecule has 6 heteroatoms. The van der Waals surface area contributed by atoms with Gasteiger partial charge in [0, 0.05) is 24.7 Å². The predicted molar refractivity (Wildman–Crippen MR) is 173 cm³/mol. The predicted octanol–water partition coefficient (Wildman–Crippen LogP) is 9.02. The number of carbonyl (C=O) groups excluding carboxylic acids is 4. The lowest BCUT2D eigenvalue weighted by Gasteiger charge is -2.59. The molecular weight excluding hydrogens is 552 g/mol. The fourth-order valence-electron chi connectivity index (χ4n) is 9.63. The molecule has 0 spiro atoms. The molecule has 0 aromatic heterocycles. The number of unbranched alkanes of at least 4 members (excludes halogenated alkanes) is 6. The molecule has 4 aliphatic rings. The Hall–Kier alpha value is -1.98. The molecule has 3 fully saturated rings. The normalized spacial score (nSPS) is 34.2. The smallest absolute Gasteiger partial charge is 0.313 e. The monoisotopic (exact) mass is 612 g/mol. The summed E-state index contributed by atoms with van der Waals surface area (Å²) in [5.74, 6) is 0.904. The Bertz CT molecular complexity index is 1080. The Morgan fingerprint density at radius 2 is 1.36 bits per heavy atom. The van der Waals surface area contributed by atoms with Gasteiger partial charge >= 0.3 is 11.9 Å². The molecule has 3 saturated carbocycles. The topological polar surface area (TPSA) is 86.7 Å². The van der Waals surface area contributed by atoms with E-state index < -0.39 is 5.60 Å². The van der Waals surface area contributed by atoms with Crippen LogP contribution in [0.4, 0.5) is 0 Å². The second kappa shape index (κ2) is 15.1. The maximum absolute atomic E-state index is 13.0. The summed E-state index contributed by atoms with van der Waals surface area (Å²) >= 11 is 0. The highest BCUT2D eigenvalue weighted by Crippen LogP contribution is 2.67. The third-order valence-corrected chi connectivity index (χ3v) is 12.5. The second-order valence-corrected chi connectivity index (χ2v) is 15.4. The van der Waals surface area contributed by atoms with E-state index in [1.807, 2.05) is 0 Å². The molecule has 0 aromatic carbocycles. The standard InChI is InChI=1S/C38H60O6/c1-6-8-10-12-14-28(39)25-34(41)43-30-18-21-36(3)27(24-30)16-17-31-32(36)19-22-37(4)33(31)20-23-38(37,5)44-35(42)26-29(40)15-13-11-9-7-2/h16,30-33H,6-15,17-26H2,1-5H3/t30-,31+,32-,33-,36-,37-,38+/m0/s1. The summed E-state index contributed by atoms with van der Waals surface area (Å²) in [4.78, 5) is 50.3. The lowest BCUT2D eigenvalue weighted by Crippen LogP contribution is -2.55. The summed E-state index contributed by atoms with van der Waals surface area (Å²) in [5.41, 5.74) is 0.905. The zero-order valence-corrected chi connectivity index (χ0v) is 28.5. The molecule has 0 aliphatic heterocycles. The number of esters is 2. The minimum Gasteiger partial charge on any atom is -0.462 e. The first kappa shape index (κ1) is 34.9. The number of carbonyl (C=O) groups is 4. The van der Waals surface area contributed by atoms with Crippen LogP contribution >= 0.6 is 0 Å². The van der Waals surface area contributed by atoms with Crippen LogP contribution in [-0.4, -0.2) is 35.2 Å². The van der Waals surface area contributed by atoms with Crippen LogP contribution in [0.25, 0.3) is 0 Å². The molecule has 0 unspecified atom stereocenters. The van der Waals surface area contributed by atoms with Gasteiger partial charge in [0.2, 0.25) is 0 Å². The van der Waals surface area contributed by atoms with Gasteiger partial charge in [-0.3, -0.25) is 19.2 Å². The molecule has 4 aliphatic carbocycles. The highest BCUT2D eigenvalue weighted by molar-refractivity contribution is 5.96. The lowest BCUT2D eigenvalue weighted by molar-refractivity contribution is -0.180. The van der Waals surface area contributed by atoms with Crippen LogP contribution in [0.3, 0.4) is 0 Å². The van der Waals surface area contributed by atoms with Crippen LogP contribution < -0.4 is 0 Å². The van der Waals surface area contributed by atoms with E-state index >= 15 is 0 Å². The maximum Gasteiger partial charge on any atom is 0.313 e. The summed E-state index contributed by atoms with van der Waals surface area (Å²) in [5, 5.41) is 0. The Kier molecular flexibility index (Phi) is 12.0. The van der Waals surface area contributed by atoms with Gasteiger partial charge in [-0.2, -0.15) is 0 Å². The van der Waals surface area contributed by atoms with Gasteiger partial charge in [0.25, 0.3) is 0 Å². The molecule has 0 saturated heterocycles. The highest BCUT2D eigenvalue weighted by atomic mass is 16.6. The van der Waals surface area contributed by atoms with Crippen molar-refractivity contribution in [3.8, 4) is 0 Å². The van der Waals surface area contributed by atoms with E-state index in [9.17, 15) is 19.2 Å². The molecular formula is C38H60O6. The van der Waals surface area contributed by atoms with Crippen molar-refractivity contribution < 1.29 is 28.7 Å².